The van der Waals surface area contributed by atoms with Crippen molar-refractivity contribution in [1.29, 1.82) is 0 Å². The minimum atomic E-state index is -3.48. The number of rotatable bonds is 6. The summed E-state index contributed by atoms with van der Waals surface area (Å²) < 4.78 is 12.4. The Morgan fingerprint density at radius 2 is 2.33 bits per heavy atom. The van der Waals surface area contributed by atoms with E-state index < -0.39 is 31.7 Å². The quantitative estimate of drug-likeness (QED) is 0.486. The minimum absolute atomic E-state index is 0.0387. The third kappa shape index (κ3) is 4.71. The van der Waals surface area contributed by atoms with Gasteiger partial charge in [0.2, 0.25) is 0 Å². The molecule has 1 aromatic rings. The molecule has 0 aromatic carbocycles. The standard InChI is InChI=1S/C13H23N4O6P/c1-8(2)11(12(18)19)16-24(21)7-22-9(6-23-24)5-17-4-3-10(14)15-13(17)20/h3-4,8-9,11,16,21,24H,5-7H2,1-2H3,(H,18,19)(H2,14,15,20)/t9-,11-/m0/s1. The SMILES string of the molecule is CC(C)[C@H](N[PH]1(O)CO[C@@H](Cn2ccc(N)nc2=O)CO1)C(=O)O. The molecule has 0 amide bonds. The number of nitrogens with zero attached hydrogens (tertiary/aromatic N) is 2. The van der Waals surface area contributed by atoms with E-state index in [1.54, 1.807) is 13.8 Å². The van der Waals surface area contributed by atoms with E-state index in [9.17, 15) is 19.6 Å². The van der Waals surface area contributed by atoms with Crippen molar-refractivity contribution in [3.05, 3.63) is 22.7 Å². The number of nitrogens with one attached hydrogen (secondary N) is 1. The van der Waals surface area contributed by atoms with E-state index in [0.29, 0.717) is 0 Å². The van der Waals surface area contributed by atoms with Crippen LogP contribution in [0.2, 0.25) is 0 Å². The molecule has 1 aliphatic heterocycles. The van der Waals surface area contributed by atoms with Crippen LogP contribution in [0.15, 0.2) is 17.1 Å². The molecule has 0 bridgehead atoms. The monoisotopic (exact) mass is 362 g/mol. The molecule has 2 rings (SSSR count). The number of carbonyl (C=O) groups is 1. The first-order valence-corrected chi connectivity index (χ1v) is 9.58. The van der Waals surface area contributed by atoms with Crippen molar-refractivity contribution in [3.8, 4) is 0 Å². The molecule has 2 heterocycles. The van der Waals surface area contributed by atoms with Crippen LogP contribution in [0.5, 0.6) is 0 Å². The number of hydrogen-bond donors (Lipinski definition) is 4. The normalized spacial score (nSPS) is 22.9. The van der Waals surface area contributed by atoms with Crippen LogP contribution in [-0.4, -0.2) is 50.6 Å². The van der Waals surface area contributed by atoms with E-state index in [2.05, 4.69) is 10.1 Å². The van der Waals surface area contributed by atoms with Crippen LogP contribution in [0.4, 0.5) is 5.82 Å². The topological polar surface area (TPSA) is 149 Å². The van der Waals surface area contributed by atoms with Crippen LogP contribution in [0, 0.1) is 5.92 Å². The van der Waals surface area contributed by atoms with Gasteiger partial charge in [-0.25, -0.2) is 0 Å². The summed E-state index contributed by atoms with van der Waals surface area (Å²) in [5, 5.41) is 11.9. The van der Waals surface area contributed by atoms with Crippen molar-refractivity contribution in [2.24, 2.45) is 5.92 Å². The summed E-state index contributed by atoms with van der Waals surface area (Å²) in [4.78, 5) is 37.0. The fraction of sp³-hybridized carbons (Fsp3) is 0.615. The second-order valence-corrected chi connectivity index (χ2v) is 8.45. The maximum absolute atomic E-state index is 11.7. The molecule has 1 saturated heterocycles. The van der Waals surface area contributed by atoms with Crippen LogP contribution in [0.1, 0.15) is 13.8 Å². The molecule has 1 aromatic heterocycles. The number of aromatic nitrogens is 2. The van der Waals surface area contributed by atoms with Crippen LogP contribution in [0.25, 0.3) is 0 Å². The summed E-state index contributed by atoms with van der Waals surface area (Å²) in [5.41, 5.74) is 4.93. The van der Waals surface area contributed by atoms with Gasteiger partial charge >= 0.3 is 138 Å². The average molecular weight is 362 g/mol. The molecule has 136 valence electrons. The van der Waals surface area contributed by atoms with Gasteiger partial charge < -0.3 is 0 Å². The Morgan fingerprint density at radius 3 is 2.83 bits per heavy atom. The van der Waals surface area contributed by atoms with E-state index in [-0.39, 0.29) is 31.2 Å². The third-order valence-electron chi connectivity index (χ3n) is 3.63. The molecule has 0 spiro atoms. The molecule has 1 aliphatic rings. The summed E-state index contributed by atoms with van der Waals surface area (Å²) in [6.07, 6.45) is 0.916. The zero-order valence-electron chi connectivity index (χ0n) is 13.5. The van der Waals surface area contributed by atoms with Crippen molar-refractivity contribution >= 4 is 19.7 Å². The molecule has 2 atom stereocenters. The number of hydrogen-bond acceptors (Lipinski definition) is 8. The van der Waals surface area contributed by atoms with Gasteiger partial charge in [-0.1, -0.05) is 0 Å². The predicted molar refractivity (Wildman–Crippen MR) is 88.5 cm³/mol. The second kappa shape index (κ2) is 7.54. The Labute approximate surface area is 139 Å². The van der Waals surface area contributed by atoms with Crippen molar-refractivity contribution in [2.75, 3.05) is 18.7 Å². The van der Waals surface area contributed by atoms with Crippen LogP contribution in [-0.2, 0) is 20.6 Å². The number of anilines is 1. The molecule has 1 fully saturated rings. The molecule has 0 unspecified atom stereocenters. The van der Waals surface area contributed by atoms with Crippen molar-refractivity contribution < 1.29 is 24.1 Å². The molecule has 5 N–H and O–H groups in total. The zero-order chi connectivity index (χ0) is 17.9. The number of ether oxygens (including phenoxy) is 1. The molecule has 0 aliphatic carbocycles. The number of nitrogen functional groups attached to an aromatic ring is 1. The first-order chi connectivity index (χ1) is 11.2. The Kier molecular flexibility index (Phi) is 5.89. The number of aliphatic carboxylic acids is 1. The van der Waals surface area contributed by atoms with Crippen molar-refractivity contribution in [1.82, 2.24) is 14.6 Å². The Balaban J connectivity index is 1.94. The maximum atomic E-state index is 11.7. The predicted octanol–water partition coefficient (Wildman–Crippen LogP) is -0.616. The van der Waals surface area contributed by atoms with Gasteiger partial charge in [0.25, 0.3) is 0 Å². The molecule has 24 heavy (non-hydrogen) atoms. The number of nitrogens with two attached hydrogens (primary N) is 1. The Morgan fingerprint density at radius 1 is 1.62 bits per heavy atom. The number of carboxylic acids is 1. The summed E-state index contributed by atoms with van der Waals surface area (Å²) in [6, 6.07) is 0.573. The van der Waals surface area contributed by atoms with Gasteiger partial charge in [-0.05, 0) is 0 Å². The summed E-state index contributed by atoms with van der Waals surface area (Å²) >= 11 is 0. The molecule has 11 heteroatoms. The van der Waals surface area contributed by atoms with E-state index in [1.807, 2.05) is 0 Å². The molecule has 0 saturated carbocycles. The van der Waals surface area contributed by atoms with Crippen molar-refractivity contribution in [2.45, 2.75) is 32.5 Å². The zero-order valence-corrected chi connectivity index (χ0v) is 14.5. The van der Waals surface area contributed by atoms with E-state index in [1.165, 1.54) is 16.8 Å². The van der Waals surface area contributed by atoms with Gasteiger partial charge in [0.1, 0.15) is 0 Å². The fourth-order valence-electron chi connectivity index (χ4n) is 2.30. The fourth-order valence-corrected chi connectivity index (χ4v) is 4.41. The average Bonchev–Trinajstić information content (AvgIpc) is 2.49. The van der Waals surface area contributed by atoms with Gasteiger partial charge in [-0.15, -0.1) is 0 Å². The van der Waals surface area contributed by atoms with Crippen LogP contribution in [0.3, 0.4) is 0 Å². The van der Waals surface area contributed by atoms with E-state index >= 15 is 0 Å². The first-order valence-electron chi connectivity index (χ1n) is 7.51. The molecular formula is C13H23N4O6P. The molecule has 0 radical (unpaired) electrons. The first kappa shape index (κ1) is 18.8. The second-order valence-electron chi connectivity index (χ2n) is 6.02. The summed E-state index contributed by atoms with van der Waals surface area (Å²) in [6.45, 7) is 3.70. The van der Waals surface area contributed by atoms with Gasteiger partial charge in [0.05, 0.1) is 0 Å². The molecule has 10 nitrogen and oxygen atoms in total. The van der Waals surface area contributed by atoms with Gasteiger partial charge in [0.15, 0.2) is 0 Å². The summed E-state index contributed by atoms with van der Waals surface area (Å²) in [5.74, 6) is -1.15. The Bertz CT molecular complexity index is 644. The van der Waals surface area contributed by atoms with Gasteiger partial charge in [-0.2, -0.15) is 0 Å². The number of carboxylic acid groups (broad SMARTS) is 1. The van der Waals surface area contributed by atoms with Crippen molar-refractivity contribution in [3.63, 3.8) is 0 Å². The van der Waals surface area contributed by atoms with Gasteiger partial charge in [-0.3, -0.25) is 0 Å². The van der Waals surface area contributed by atoms with E-state index in [0.717, 1.165) is 0 Å². The summed E-state index contributed by atoms with van der Waals surface area (Å²) in [7, 11) is -3.48. The Hall–Kier alpha value is -1.58. The van der Waals surface area contributed by atoms with Gasteiger partial charge in [0, 0.05) is 0 Å². The van der Waals surface area contributed by atoms with Crippen LogP contribution >= 0.6 is 7.87 Å². The third-order valence-corrected chi connectivity index (χ3v) is 5.60. The van der Waals surface area contributed by atoms with E-state index in [4.69, 9.17) is 15.0 Å². The molecular weight excluding hydrogens is 339 g/mol. The van der Waals surface area contributed by atoms with Crippen LogP contribution < -0.4 is 16.5 Å².